The Hall–Kier alpha value is -1.91. The van der Waals surface area contributed by atoms with Gasteiger partial charge in [0.15, 0.2) is 0 Å². The van der Waals surface area contributed by atoms with E-state index >= 15 is 0 Å². The van der Waals surface area contributed by atoms with Crippen LogP contribution in [-0.2, 0) is 20.0 Å². The van der Waals surface area contributed by atoms with Crippen molar-refractivity contribution in [1.29, 1.82) is 0 Å². The smallest absolute Gasteiger partial charge is 0.279 e. The van der Waals surface area contributed by atoms with E-state index in [1.54, 1.807) is 23.7 Å². The summed E-state index contributed by atoms with van der Waals surface area (Å²) >= 11 is 0. The number of aryl methyl sites for hydroxylation is 1. The zero-order valence-electron chi connectivity index (χ0n) is 15.5. The van der Waals surface area contributed by atoms with Crippen molar-refractivity contribution in [3.8, 4) is 0 Å². The zero-order valence-corrected chi connectivity index (χ0v) is 15.5. The van der Waals surface area contributed by atoms with Gasteiger partial charge in [0.05, 0.1) is 0 Å². The molecule has 0 amide bonds. The zero-order chi connectivity index (χ0) is 18.0. The van der Waals surface area contributed by atoms with Gasteiger partial charge in [-0.1, -0.05) is 32.0 Å². The van der Waals surface area contributed by atoms with Crippen LogP contribution in [0.1, 0.15) is 57.3 Å². The second kappa shape index (κ2) is 7.14. The topological polar surface area (TPSA) is 39.8 Å². The summed E-state index contributed by atoms with van der Waals surface area (Å²) in [6.45, 7) is 5.34. The van der Waals surface area contributed by atoms with E-state index < -0.39 is 0 Å². The third kappa shape index (κ3) is 4.20. The van der Waals surface area contributed by atoms with Crippen LogP contribution in [0.3, 0.4) is 0 Å². The fourth-order valence-electron chi connectivity index (χ4n) is 3.78. The third-order valence-corrected chi connectivity index (χ3v) is 5.61. The Morgan fingerprint density at radius 2 is 1.92 bits per heavy atom. The summed E-state index contributed by atoms with van der Waals surface area (Å²) in [5, 5.41) is 4.33. The Labute approximate surface area is 148 Å². The quantitative estimate of drug-likeness (QED) is 0.824. The van der Waals surface area contributed by atoms with E-state index in [1.807, 2.05) is 6.07 Å². The Balaban J connectivity index is 1.71. The molecule has 0 unspecified atom stereocenters. The highest BCUT2D eigenvalue weighted by atomic mass is 19.1. The van der Waals surface area contributed by atoms with Crippen molar-refractivity contribution >= 4 is 0 Å². The van der Waals surface area contributed by atoms with Crippen molar-refractivity contribution in [2.45, 2.75) is 58.9 Å². The SMILES string of the molecule is Cn1nc(Cc2ccccc2F)n(CCC2CCC(C)(C)CC2)c1=O. The van der Waals surface area contributed by atoms with Crippen LogP contribution in [-0.4, -0.2) is 14.3 Å². The monoisotopic (exact) mass is 345 g/mol. The number of aromatic nitrogens is 3. The molecule has 1 aromatic carbocycles. The van der Waals surface area contributed by atoms with Gasteiger partial charge in [0.1, 0.15) is 11.6 Å². The molecule has 0 bridgehead atoms. The average molecular weight is 345 g/mol. The summed E-state index contributed by atoms with van der Waals surface area (Å²) in [4.78, 5) is 12.4. The third-order valence-electron chi connectivity index (χ3n) is 5.61. The predicted octanol–water partition coefficient (Wildman–Crippen LogP) is 3.92. The Kier molecular flexibility index (Phi) is 5.11. The van der Waals surface area contributed by atoms with Crippen molar-refractivity contribution in [2.75, 3.05) is 0 Å². The van der Waals surface area contributed by atoms with E-state index in [-0.39, 0.29) is 11.5 Å². The molecule has 0 aliphatic heterocycles. The molecule has 25 heavy (non-hydrogen) atoms. The first kappa shape index (κ1) is 17.9. The molecule has 4 nitrogen and oxygen atoms in total. The summed E-state index contributed by atoms with van der Waals surface area (Å²) in [5.41, 5.74) is 0.925. The lowest BCUT2D eigenvalue weighted by molar-refractivity contribution is 0.181. The molecule has 1 aliphatic carbocycles. The predicted molar refractivity (Wildman–Crippen MR) is 97.0 cm³/mol. The van der Waals surface area contributed by atoms with Gasteiger partial charge in [0.25, 0.3) is 0 Å². The van der Waals surface area contributed by atoms with Crippen LogP contribution >= 0.6 is 0 Å². The molecular formula is C20H28FN3O. The molecule has 136 valence electrons. The van der Waals surface area contributed by atoms with E-state index in [4.69, 9.17) is 0 Å². The fraction of sp³-hybridized carbons (Fsp3) is 0.600. The minimum atomic E-state index is -0.248. The maximum absolute atomic E-state index is 13.9. The van der Waals surface area contributed by atoms with Gasteiger partial charge in [-0.3, -0.25) is 4.57 Å². The van der Waals surface area contributed by atoms with Crippen molar-refractivity contribution < 1.29 is 4.39 Å². The molecule has 1 aliphatic rings. The van der Waals surface area contributed by atoms with Gasteiger partial charge in [-0.2, -0.15) is 5.10 Å². The van der Waals surface area contributed by atoms with Gasteiger partial charge in [-0.05, 0) is 55.1 Å². The molecule has 2 aromatic rings. The number of benzene rings is 1. The highest BCUT2D eigenvalue weighted by Crippen LogP contribution is 2.39. The van der Waals surface area contributed by atoms with Gasteiger partial charge in [0.2, 0.25) is 0 Å². The van der Waals surface area contributed by atoms with Gasteiger partial charge in [-0.15, -0.1) is 0 Å². The standard InChI is InChI=1S/C20H28FN3O/c1-20(2)11-8-15(9-12-20)10-13-24-18(22-23(3)19(24)25)14-16-6-4-5-7-17(16)21/h4-7,15H,8-14H2,1-3H3. The molecular weight excluding hydrogens is 317 g/mol. The van der Waals surface area contributed by atoms with Crippen LogP contribution in [0.15, 0.2) is 29.1 Å². The molecule has 0 saturated heterocycles. The lowest BCUT2D eigenvalue weighted by Gasteiger charge is -2.34. The maximum Gasteiger partial charge on any atom is 0.345 e. The number of hydrogen-bond acceptors (Lipinski definition) is 2. The van der Waals surface area contributed by atoms with Crippen LogP contribution in [0.25, 0.3) is 0 Å². The Morgan fingerprint density at radius 3 is 2.60 bits per heavy atom. The normalized spacial score (nSPS) is 17.8. The van der Waals surface area contributed by atoms with Crippen LogP contribution in [0, 0.1) is 17.2 Å². The molecule has 1 fully saturated rings. The molecule has 5 heteroatoms. The Morgan fingerprint density at radius 1 is 1.24 bits per heavy atom. The number of rotatable bonds is 5. The molecule has 3 rings (SSSR count). The second-order valence-corrected chi connectivity index (χ2v) is 8.14. The molecule has 0 N–H and O–H groups in total. The highest BCUT2D eigenvalue weighted by molar-refractivity contribution is 5.21. The molecule has 1 saturated carbocycles. The van der Waals surface area contributed by atoms with E-state index in [1.165, 1.54) is 36.4 Å². The molecule has 1 heterocycles. The van der Waals surface area contributed by atoms with Crippen molar-refractivity contribution in [1.82, 2.24) is 14.3 Å². The van der Waals surface area contributed by atoms with Crippen molar-refractivity contribution in [3.05, 3.63) is 52.0 Å². The lowest BCUT2D eigenvalue weighted by Crippen LogP contribution is -2.26. The largest absolute Gasteiger partial charge is 0.345 e. The van der Waals surface area contributed by atoms with E-state index in [9.17, 15) is 9.18 Å². The molecule has 0 radical (unpaired) electrons. The summed E-state index contributed by atoms with van der Waals surface area (Å²) in [5.74, 6) is 1.07. The van der Waals surface area contributed by atoms with Crippen LogP contribution < -0.4 is 5.69 Å². The maximum atomic E-state index is 13.9. The minimum Gasteiger partial charge on any atom is -0.279 e. The van der Waals surface area contributed by atoms with Gasteiger partial charge < -0.3 is 0 Å². The van der Waals surface area contributed by atoms with Crippen LogP contribution in [0.2, 0.25) is 0 Å². The first-order valence-corrected chi connectivity index (χ1v) is 9.22. The highest BCUT2D eigenvalue weighted by Gasteiger charge is 2.27. The van der Waals surface area contributed by atoms with Gasteiger partial charge in [0, 0.05) is 20.0 Å². The number of hydrogen-bond donors (Lipinski definition) is 0. The summed E-state index contributed by atoms with van der Waals surface area (Å²) in [7, 11) is 1.66. The van der Waals surface area contributed by atoms with Gasteiger partial charge >= 0.3 is 5.69 Å². The minimum absolute atomic E-state index is 0.109. The fourth-order valence-corrected chi connectivity index (χ4v) is 3.78. The first-order chi connectivity index (χ1) is 11.9. The Bertz CT molecular complexity index is 780. The van der Waals surface area contributed by atoms with Crippen molar-refractivity contribution in [2.24, 2.45) is 18.4 Å². The summed E-state index contributed by atoms with van der Waals surface area (Å²) in [6, 6.07) is 6.69. The molecule has 0 atom stereocenters. The average Bonchev–Trinajstić information content (AvgIpc) is 2.83. The van der Waals surface area contributed by atoms with Crippen LogP contribution in [0.5, 0.6) is 0 Å². The summed E-state index contributed by atoms with van der Waals surface area (Å²) in [6.07, 6.45) is 6.30. The van der Waals surface area contributed by atoms with E-state index in [0.29, 0.717) is 35.7 Å². The van der Waals surface area contributed by atoms with E-state index in [2.05, 4.69) is 18.9 Å². The number of halogens is 1. The second-order valence-electron chi connectivity index (χ2n) is 8.14. The summed E-state index contributed by atoms with van der Waals surface area (Å²) < 4.78 is 17.0. The van der Waals surface area contributed by atoms with E-state index in [0.717, 1.165) is 6.42 Å². The van der Waals surface area contributed by atoms with Crippen LogP contribution in [0.4, 0.5) is 4.39 Å². The van der Waals surface area contributed by atoms with Crippen molar-refractivity contribution in [3.63, 3.8) is 0 Å². The number of nitrogens with zero attached hydrogens (tertiary/aromatic N) is 3. The van der Waals surface area contributed by atoms with Gasteiger partial charge in [-0.25, -0.2) is 13.9 Å². The lowest BCUT2D eigenvalue weighted by atomic mass is 9.72. The molecule has 0 spiro atoms. The first-order valence-electron chi connectivity index (χ1n) is 9.22. The molecule has 1 aromatic heterocycles.